The minimum Gasteiger partial charge on any atom is -0.493 e. The summed E-state index contributed by atoms with van der Waals surface area (Å²) in [6.07, 6.45) is 2.95. The van der Waals surface area contributed by atoms with Crippen molar-refractivity contribution in [3.8, 4) is 11.5 Å². The van der Waals surface area contributed by atoms with Crippen LogP contribution in [0.4, 0.5) is 0 Å². The molecule has 0 bridgehead atoms. The van der Waals surface area contributed by atoms with Crippen LogP contribution in [0.25, 0.3) is 0 Å². The zero-order valence-corrected chi connectivity index (χ0v) is 9.25. The van der Waals surface area contributed by atoms with Gasteiger partial charge in [0.2, 0.25) is 0 Å². The van der Waals surface area contributed by atoms with E-state index in [0.717, 1.165) is 30.8 Å². The summed E-state index contributed by atoms with van der Waals surface area (Å²) in [6.45, 7) is 0. The Hall–Kier alpha value is -1.22. The number of hydrogen-bond acceptors (Lipinski definition) is 3. The predicted molar refractivity (Wildman–Crippen MR) is 59.5 cm³/mol. The number of rotatable bonds is 2. The van der Waals surface area contributed by atoms with E-state index >= 15 is 0 Å². The topological polar surface area (TPSA) is 44.5 Å². The third-order valence-corrected chi connectivity index (χ3v) is 2.99. The Morgan fingerprint density at radius 1 is 1.27 bits per heavy atom. The quantitative estimate of drug-likeness (QED) is 0.799. The van der Waals surface area contributed by atoms with Crippen molar-refractivity contribution in [2.45, 2.75) is 25.3 Å². The van der Waals surface area contributed by atoms with Gasteiger partial charge >= 0.3 is 0 Å². The lowest BCUT2D eigenvalue weighted by atomic mass is 9.88. The van der Waals surface area contributed by atoms with Crippen molar-refractivity contribution < 1.29 is 9.47 Å². The highest BCUT2D eigenvalue weighted by Gasteiger charge is 2.21. The van der Waals surface area contributed by atoms with E-state index in [1.54, 1.807) is 14.2 Å². The third kappa shape index (κ3) is 1.79. The summed E-state index contributed by atoms with van der Waals surface area (Å²) in [5.74, 6) is 1.69. The third-order valence-electron chi connectivity index (χ3n) is 2.99. The molecule has 1 atom stereocenters. The van der Waals surface area contributed by atoms with Crippen LogP contribution in [0, 0.1) is 0 Å². The number of hydrogen-bond donors (Lipinski definition) is 1. The molecule has 3 heteroatoms. The Kier molecular flexibility index (Phi) is 2.82. The predicted octanol–water partition coefficient (Wildman–Crippen LogP) is 1.52. The highest BCUT2D eigenvalue weighted by Crippen LogP contribution is 2.36. The zero-order valence-electron chi connectivity index (χ0n) is 9.25. The first-order valence-corrected chi connectivity index (χ1v) is 5.24. The molecule has 0 saturated heterocycles. The van der Waals surface area contributed by atoms with Crippen LogP contribution in [-0.2, 0) is 12.8 Å². The van der Waals surface area contributed by atoms with Gasteiger partial charge in [0.15, 0.2) is 11.5 Å². The molecular weight excluding hydrogens is 190 g/mol. The number of ether oxygens (including phenoxy) is 2. The van der Waals surface area contributed by atoms with Crippen LogP contribution in [0.2, 0.25) is 0 Å². The fourth-order valence-corrected chi connectivity index (χ4v) is 2.21. The van der Waals surface area contributed by atoms with Crippen LogP contribution in [0.1, 0.15) is 17.5 Å². The summed E-state index contributed by atoms with van der Waals surface area (Å²) < 4.78 is 10.7. The van der Waals surface area contributed by atoms with Gasteiger partial charge in [0.05, 0.1) is 14.2 Å². The molecule has 0 amide bonds. The molecule has 1 aromatic rings. The van der Waals surface area contributed by atoms with Crippen molar-refractivity contribution in [1.82, 2.24) is 0 Å². The number of benzene rings is 1. The highest BCUT2D eigenvalue weighted by molar-refractivity contribution is 5.52. The van der Waals surface area contributed by atoms with Gasteiger partial charge in [0, 0.05) is 11.6 Å². The van der Waals surface area contributed by atoms with Gasteiger partial charge in [-0.2, -0.15) is 0 Å². The van der Waals surface area contributed by atoms with Gasteiger partial charge in [-0.3, -0.25) is 0 Å². The Balaban J connectivity index is 2.46. The van der Waals surface area contributed by atoms with Crippen molar-refractivity contribution in [2.24, 2.45) is 5.73 Å². The maximum atomic E-state index is 5.94. The van der Waals surface area contributed by atoms with Crippen LogP contribution in [0.3, 0.4) is 0 Å². The largest absolute Gasteiger partial charge is 0.493 e. The lowest BCUT2D eigenvalue weighted by Crippen LogP contribution is -2.28. The summed E-state index contributed by atoms with van der Waals surface area (Å²) in [4.78, 5) is 0. The molecule has 0 heterocycles. The maximum Gasteiger partial charge on any atom is 0.164 e. The average molecular weight is 207 g/mol. The van der Waals surface area contributed by atoms with E-state index in [1.165, 1.54) is 11.1 Å². The fourth-order valence-electron chi connectivity index (χ4n) is 2.21. The molecule has 0 unspecified atom stereocenters. The molecule has 0 aromatic heterocycles. The molecule has 0 fully saturated rings. The van der Waals surface area contributed by atoms with E-state index in [4.69, 9.17) is 15.2 Å². The van der Waals surface area contributed by atoms with Gasteiger partial charge in [-0.1, -0.05) is 6.07 Å². The van der Waals surface area contributed by atoms with Crippen LogP contribution in [-0.4, -0.2) is 20.3 Å². The Labute approximate surface area is 90.2 Å². The summed E-state index contributed by atoms with van der Waals surface area (Å²) >= 11 is 0. The van der Waals surface area contributed by atoms with Crippen molar-refractivity contribution >= 4 is 0 Å². The average Bonchev–Trinajstić information content (AvgIpc) is 2.27. The van der Waals surface area contributed by atoms with Crippen molar-refractivity contribution in [3.63, 3.8) is 0 Å². The maximum absolute atomic E-state index is 5.94. The van der Waals surface area contributed by atoms with Crippen molar-refractivity contribution in [3.05, 3.63) is 23.3 Å². The summed E-state index contributed by atoms with van der Waals surface area (Å²) in [6, 6.07) is 4.33. The van der Waals surface area contributed by atoms with Crippen LogP contribution < -0.4 is 15.2 Å². The molecule has 3 nitrogen and oxygen atoms in total. The Morgan fingerprint density at radius 2 is 2.07 bits per heavy atom. The molecule has 82 valence electrons. The van der Waals surface area contributed by atoms with Crippen molar-refractivity contribution in [2.75, 3.05) is 14.2 Å². The monoisotopic (exact) mass is 207 g/mol. The van der Waals surface area contributed by atoms with E-state index < -0.39 is 0 Å². The normalized spacial score (nSPS) is 19.5. The standard InChI is InChI=1S/C12H17NO2/c1-14-11-6-3-8-7-9(13)4-5-10(8)12(11)15-2/h3,6,9H,4-5,7,13H2,1-2H3/t9-/m1/s1. The summed E-state index contributed by atoms with van der Waals surface area (Å²) in [5, 5.41) is 0. The van der Waals surface area contributed by atoms with E-state index in [9.17, 15) is 0 Å². The molecular formula is C12H17NO2. The zero-order chi connectivity index (χ0) is 10.8. The van der Waals surface area contributed by atoms with E-state index in [2.05, 4.69) is 6.07 Å². The van der Waals surface area contributed by atoms with E-state index in [1.807, 2.05) is 6.07 Å². The summed E-state index contributed by atoms with van der Waals surface area (Å²) in [5.41, 5.74) is 8.50. The van der Waals surface area contributed by atoms with Gasteiger partial charge in [-0.05, 0) is 30.9 Å². The summed E-state index contributed by atoms with van der Waals surface area (Å²) in [7, 11) is 3.35. The van der Waals surface area contributed by atoms with E-state index in [-0.39, 0.29) is 6.04 Å². The van der Waals surface area contributed by atoms with Crippen molar-refractivity contribution in [1.29, 1.82) is 0 Å². The van der Waals surface area contributed by atoms with Gasteiger partial charge in [0.25, 0.3) is 0 Å². The van der Waals surface area contributed by atoms with Crippen LogP contribution in [0.15, 0.2) is 12.1 Å². The molecule has 15 heavy (non-hydrogen) atoms. The first-order valence-electron chi connectivity index (χ1n) is 5.24. The second-order valence-electron chi connectivity index (χ2n) is 3.94. The first-order chi connectivity index (χ1) is 7.26. The van der Waals surface area contributed by atoms with Gasteiger partial charge in [-0.25, -0.2) is 0 Å². The second kappa shape index (κ2) is 4.11. The van der Waals surface area contributed by atoms with Gasteiger partial charge in [0.1, 0.15) is 0 Å². The molecule has 0 spiro atoms. The van der Waals surface area contributed by atoms with Crippen LogP contribution in [0.5, 0.6) is 11.5 Å². The fraction of sp³-hybridized carbons (Fsp3) is 0.500. The lowest BCUT2D eigenvalue weighted by molar-refractivity contribution is 0.348. The van der Waals surface area contributed by atoms with E-state index in [0.29, 0.717) is 0 Å². The molecule has 0 aliphatic heterocycles. The number of nitrogens with two attached hydrogens (primary N) is 1. The Bertz CT molecular complexity index is 363. The SMILES string of the molecule is COc1ccc2c(c1OC)CC[C@@H](N)C2. The first kappa shape index (κ1) is 10.3. The highest BCUT2D eigenvalue weighted by atomic mass is 16.5. The minimum atomic E-state index is 0.288. The molecule has 2 rings (SSSR count). The Morgan fingerprint density at radius 3 is 2.73 bits per heavy atom. The van der Waals surface area contributed by atoms with Crippen LogP contribution >= 0.6 is 0 Å². The molecule has 0 radical (unpaired) electrons. The lowest BCUT2D eigenvalue weighted by Gasteiger charge is -2.24. The second-order valence-corrected chi connectivity index (χ2v) is 3.94. The molecule has 2 N–H and O–H groups in total. The van der Waals surface area contributed by atoms with Gasteiger partial charge in [-0.15, -0.1) is 0 Å². The molecule has 1 aliphatic carbocycles. The molecule has 1 aromatic carbocycles. The smallest absolute Gasteiger partial charge is 0.164 e. The minimum absolute atomic E-state index is 0.288. The molecule has 1 aliphatic rings. The number of fused-ring (bicyclic) bond motifs is 1. The van der Waals surface area contributed by atoms with Gasteiger partial charge < -0.3 is 15.2 Å². The number of methoxy groups -OCH3 is 2. The molecule has 0 saturated carbocycles.